The predicted molar refractivity (Wildman–Crippen MR) is 41.0 cm³/mol. The van der Waals surface area contributed by atoms with Crippen LogP contribution in [0.2, 0.25) is 0 Å². The Balaban J connectivity index is 4.03. The third-order valence-corrected chi connectivity index (χ3v) is 1.43. The molecular formula is C4H7IN2O. The summed E-state index contributed by atoms with van der Waals surface area (Å²) in [4.78, 5) is 0. The van der Waals surface area contributed by atoms with Crippen LogP contribution in [-0.4, -0.2) is 13.3 Å². The SMILES string of the molecule is COC(N)=C(I)C=N. The van der Waals surface area contributed by atoms with Gasteiger partial charge in [-0.05, 0) is 22.6 Å². The molecule has 0 rings (SSSR count). The Morgan fingerprint density at radius 1 is 1.88 bits per heavy atom. The minimum atomic E-state index is 0.292. The van der Waals surface area contributed by atoms with Crippen LogP contribution in [0, 0.1) is 5.41 Å². The third kappa shape index (κ3) is 2.15. The minimum absolute atomic E-state index is 0.292. The van der Waals surface area contributed by atoms with Crippen LogP contribution in [0.25, 0.3) is 0 Å². The van der Waals surface area contributed by atoms with Crippen molar-refractivity contribution in [3.05, 3.63) is 9.46 Å². The highest BCUT2D eigenvalue weighted by Crippen LogP contribution is 2.04. The molecule has 0 atom stereocenters. The van der Waals surface area contributed by atoms with Crippen molar-refractivity contribution in [3.8, 4) is 0 Å². The monoisotopic (exact) mass is 226 g/mol. The molecule has 3 nitrogen and oxygen atoms in total. The fourth-order valence-corrected chi connectivity index (χ4v) is 0.389. The van der Waals surface area contributed by atoms with Gasteiger partial charge < -0.3 is 15.9 Å². The van der Waals surface area contributed by atoms with Crippen molar-refractivity contribution in [2.75, 3.05) is 7.11 Å². The Bertz CT molecular complexity index is 121. The van der Waals surface area contributed by atoms with E-state index in [0.717, 1.165) is 6.21 Å². The molecule has 0 saturated heterocycles. The molecule has 3 N–H and O–H groups in total. The van der Waals surface area contributed by atoms with E-state index >= 15 is 0 Å². The highest BCUT2D eigenvalue weighted by atomic mass is 127. The number of ether oxygens (including phenoxy) is 1. The van der Waals surface area contributed by atoms with Crippen LogP contribution in [0.4, 0.5) is 0 Å². The topological polar surface area (TPSA) is 59.1 Å². The predicted octanol–water partition coefficient (Wildman–Crippen LogP) is 0.845. The maximum Gasteiger partial charge on any atom is 0.199 e. The summed E-state index contributed by atoms with van der Waals surface area (Å²) in [6.45, 7) is 0. The summed E-state index contributed by atoms with van der Waals surface area (Å²) in [6.07, 6.45) is 1.14. The van der Waals surface area contributed by atoms with E-state index < -0.39 is 0 Å². The molecule has 0 aromatic carbocycles. The highest BCUT2D eigenvalue weighted by Gasteiger charge is 1.91. The number of allylic oxidation sites excluding steroid dienone is 1. The molecule has 0 aliphatic carbocycles. The van der Waals surface area contributed by atoms with E-state index in [2.05, 4.69) is 4.74 Å². The summed E-state index contributed by atoms with van der Waals surface area (Å²) in [7, 11) is 1.47. The van der Waals surface area contributed by atoms with Gasteiger partial charge in [0.2, 0.25) is 0 Å². The first-order chi connectivity index (χ1) is 3.72. The van der Waals surface area contributed by atoms with Gasteiger partial charge in [0, 0.05) is 6.21 Å². The van der Waals surface area contributed by atoms with Crippen LogP contribution in [0.15, 0.2) is 9.46 Å². The molecule has 0 amide bonds. The lowest BCUT2D eigenvalue weighted by Crippen LogP contribution is -2.01. The number of nitrogens with one attached hydrogen (secondary N) is 1. The number of rotatable bonds is 2. The van der Waals surface area contributed by atoms with E-state index in [4.69, 9.17) is 11.1 Å². The normalized spacial score (nSPS) is 12.2. The van der Waals surface area contributed by atoms with Crippen LogP contribution in [0.3, 0.4) is 0 Å². The summed E-state index contributed by atoms with van der Waals surface area (Å²) in [5, 5.41) is 6.69. The van der Waals surface area contributed by atoms with Crippen molar-refractivity contribution in [2.45, 2.75) is 0 Å². The van der Waals surface area contributed by atoms with Crippen LogP contribution in [0.1, 0.15) is 0 Å². The van der Waals surface area contributed by atoms with Gasteiger partial charge in [0.25, 0.3) is 0 Å². The van der Waals surface area contributed by atoms with Crippen LogP contribution in [0.5, 0.6) is 0 Å². The Morgan fingerprint density at radius 2 is 2.38 bits per heavy atom. The summed E-state index contributed by atoms with van der Waals surface area (Å²) < 4.78 is 5.22. The van der Waals surface area contributed by atoms with E-state index in [9.17, 15) is 0 Å². The van der Waals surface area contributed by atoms with E-state index in [1.807, 2.05) is 22.6 Å². The van der Waals surface area contributed by atoms with Crippen LogP contribution >= 0.6 is 22.6 Å². The molecule has 0 aliphatic heterocycles. The molecule has 0 aromatic heterocycles. The quantitative estimate of drug-likeness (QED) is 0.416. The molecule has 0 fully saturated rings. The molecule has 0 aliphatic rings. The van der Waals surface area contributed by atoms with Gasteiger partial charge in [-0.15, -0.1) is 0 Å². The van der Waals surface area contributed by atoms with Crippen molar-refractivity contribution in [1.29, 1.82) is 5.41 Å². The standard InChI is InChI=1S/C4H7IN2O/c1-8-4(7)3(5)2-6/h2,6H,7H2,1H3. The molecule has 8 heavy (non-hydrogen) atoms. The first-order valence-corrected chi connectivity index (χ1v) is 3.00. The molecule has 4 heteroatoms. The highest BCUT2D eigenvalue weighted by molar-refractivity contribution is 14.1. The second-order valence-corrected chi connectivity index (χ2v) is 2.22. The second-order valence-electron chi connectivity index (χ2n) is 1.06. The van der Waals surface area contributed by atoms with E-state index in [-0.39, 0.29) is 0 Å². The Morgan fingerprint density at radius 3 is 2.50 bits per heavy atom. The molecule has 0 heterocycles. The fraction of sp³-hybridized carbons (Fsp3) is 0.250. The number of hydrogen-bond donors (Lipinski definition) is 2. The average molecular weight is 226 g/mol. The largest absolute Gasteiger partial charge is 0.482 e. The average Bonchev–Trinajstić information content (AvgIpc) is 1.84. The van der Waals surface area contributed by atoms with Crippen molar-refractivity contribution in [1.82, 2.24) is 0 Å². The summed E-state index contributed by atoms with van der Waals surface area (Å²) in [6, 6.07) is 0. The van der Waals surface area contributed by atoms with Crippen LogP contribution < -0.4 is 5.73 Å². The van der Waals surface area contributed by atoms with Gasteiger partial charge in [0.05, 0.1) is 10.7 Å². The number of nitrogens with two attached hydrogens (primary N) is 1. The summed E-state index contributed by atoms with van der Waals surface area (Å²) in [5.74, 6) is 0.292. The number of hydrogen-bond acceptors (Lipinski definition) is 3. The minimum Gasteiger partial charge on any atom is -0.482 e. The lowest BCUT2D eigenvalue weighted by molar-refractivity contribution is 0.288. The van der Waals surface area contributed by atoms with Gasteiger partial charge in [-0.1, -0.05) is 0 Å². The Hall–Kier alpha value is -0.260. The maximum atomic E-state index is 6.69. The van der Waals surface area contributed by atoms with Gasteiger partial charge in [-0.25, -0.2) is 0 Å². The molecule has 46 valence electrons. The van der Waals surface area contributed by atoms with Crippen molar-refractivity contribution < 1.29 is 4.74 Å². The van der Waals surface area contributed by atoms with Crippen molar-refractivity contribution in [3.63, 3.8) is 0 Å². The number of halogens is 1. The van der Waals surface area contributed by atoms with Gasteiger partial charge in [-0.3, -0.25) is 0 Å². The van der Waals surface area contributed by atoms with Crippen molar-refractivity contribution in [2.24, 2.45) is 5.73 Å². The zero-order valence-electron chi connectivity index (χ0n) is 4.44. The fourth-order valence-electron chi connectivity index (χ4n) is 0.169. The molecule has 0 spiro atoms. The molecular weight excluding hydrogens is 219 g/mol. The first kappa shape index (κ1) is 7.74. The van der Waals surface area contributed by atoms with E-state index in [1.165, 1.54) is 7.11 Å². The zero-order chi connectivity index (χ0) is 6.57. The summed E-state index contributed by atoms with van der Waals surface area (Å²) >= 11 is 1.92. The Kier molecular flexibility index (Phi) is 3.59. The molecule has 0 saturated carbocycles. The van der Waals surface area contributed by atoms with Crippen LogP contribution in [-0.2, 0) is 4.74 Å². The second kappa shape index (κ2) is 3.71. The zero-order valence-corrected chi connectivity index (χ0v) is 6.60. The van der Waals surface area contributed by atoms with Gasteiger partial charge >= 0.3 is 0 Å². The lowest BCUT2D eigenvalue weighted by atomic mass is 10.6. The van der Waals surface area contributed by atoms with Gasteiger partial charge in [-0.2, -0.15) is 0 Å². The van der Waals surface area contributed by atoms with Gasteiger partial charge in [0.15, 0.2) is 5.88 Å². The molecule has 0 unspecified atom stereocenters. The number of methoxy groups -OCH3 is 1. The first-order valence-electron chi connectivity index (χ1n) is 1.92. The third-order valence-electron chi connectivity index (χ3n) is 0.582. The van der Waals surface area contributed by atoms with E-state index in [0.29, 0.717) is 9.46 Å². The maximum absolute atomic E-state index is 6.69. The molecule has 0 radical (unpaired) electrons. The van der Waals surface area contributed by atoms with Gasteiger partial charge in [0.1, 0.15) is 0 Å². The lowest BCUT2D eigenvalue weighted by Gasteiger charge is -1.96. The molecule has 0 aromatic rings. The van der Waals surface area contributed by atoms with E-state index in [1.54, 1.807) is 0 Å². The summed E-state index contributed by atoms with van der Waals surface area (Å²) in [5.41, 5.74) is 5.23. The smallest absolute Gasteiger partial charge is 0.199 e. The molecule has 0 bridgehead atoms. The van der Waals surface area contributed by atoms with Crippen molar-refractivity contribution >= 4 is 28.8 Å². The Labute approximate surface area is 61.5 Å².